The topological polar surface area (TPSA) is 126 Å². The number of likely N-dealkylation sites (tertiary alicyclic amines) is 1. The van der Waals surface area contributed by atoms with Crippen molar-refractivity contribution in [1.82, 2.24) is 25.3 Å². The highest BCUT2D eigenvalue weighted by atomic mass is 35.5. The van der Waals surface area contributed by atoms with Crippen LogP contribution in [-0.2, 0) is 4.74 Å². The lowest BCUT2D eigenvalue weighted by molar-refractivity contribution is 0.108. The van der Waals surface area contributed by atoms with Crippen LogP contribution in [0, 0.1) is 20.8 Å². The van der Waals surface area contributed by atoms with Gasteiger partial charge in [0, 0.05) is 30.8 Å². The van der Waals surface area contributed by atoms with Crippen molar-refractivity contribution in [1.29, 1.82) is 0 Å². The van der Waals surface area contributed by atoms with Crippen molar-refractivity contribution >= 4 is 23.5 Å². The lowest BCUT2D eigenvalue weighted by atomic mass is 10.0. The smallest absolute Gasteiger partial charge is 0.409 e. The molecule has 0 unspecified atom stereocenters. The maximum atomic E-state index is 12.2. The van der Waals surface area contributed by atoms with Crippen molar-refractivity contribution in [2.75, 3.05) is 45.3 Å². The molecule has 0 spiro atoms. The van der Waals surface area contributed by atoms with Gasteiger partial charge in [-0.05, 0) is 52.4 Å². The van der Waals surface area contributed by atoms with E-state index < -0.39 is 6.10 Å². The molecule has 2 aliphatic heterocycles. The average Bonchev–Trinajstić information content (AvgIpc) is 3.62. The van der Waals surface area contributed by atoms with Crippen molar-refractivity contribution in [2.45, 2.75) is 45.4 Å². The molecule has 2 saturated heterocycles. The van der Waals surface area contributed by atoms with Gasteiger partial charge in [-0.25, -0.2) is 14.8 Å². The fraction of sp³-hybridized carbons (Fsp3) is 0.481. The molecule has 1 aromatic carbocycles. The highest BCUT2D eigenvalue weighted by Crippen LogP contribution is 2.41. The van der Waals surface area contributed by atoms with E-state index in [-0.39, 0.29) is 24.8 Å². The van der Waals surface area contributed by atoms with Crippen molar-refractivity contribution in [3.05, 3.63) is 40.2 Å². The molecule has 2 aromatic heterocycles. The lowest BCUT2D eigenvalue weighted by Gasteiger charge is -2.35. The second kappa shape index (κ2) is 11.0. The Bertz CT molecular complexity index is 1360. The second-order valence-corrected chi connectivity index (χ2v) is 10.4. The van der Waals surface area contributed by atoms with E-state index in [2.05, 4.69) is 15.4 Å². The molecule has 5 rings (SSSR count). The van der Waals surface area contributed by atoms with Crippen LogP contribution in [0.15, 0.2) is 22.7 Å². The molecule has 2 N–H and O–H groups in total. The summed E-state index contributed by atoms with van der Waals surface area (Å²) in [4.78, 5) is 26.2. The monoisotopic (exact) mass is 556 g/mol. The SMILES string of the molecule is CNC[C@@H](O)COc1ccc(Cl)c(-c2nc(-c3c(C)noc3C)c(C)c(N3C[C@@H]4C[C@H]3CN4C(=O)OC)n2)c1. The minimum absolute atomic E-state index is 0.0483. The van der Waals surface area contributed by atoms with Gasteiger partial charge in [-0.1, -0.05) is 16.8 Å². The number of aromatic nitrogens is 3. The first-order valence-electron chi connectivity index (χ1n) is 12.9. The van der Waals surface area contributed by atoms with E-state index in [9.17, 15) is 9.90 Å². The Morgan fingerprint density at radius 1 is 1.26 bits per heavy atom. The number of likely N-dealkylation sites (N-methyl/N-ethyl adjacent to an activating group) is 1. The van der Waals surface area contributed by atoms with E-state index in [4.69, 9.17) is 35.6 Å². The summed E-state index contributed by atoms with van der Waals surface area (Å²) in [6.45, 7) is 7.48. The molecule has 2 bridgehead atoms. The van der Waals surface area contributed by atoms with Gasteiger partial charge in [0.1, 0.15) is 30.0 Å². The number of carbonyl (C=O) groups is 1. The molecule has 0 saturated carbocycles. The van der Waals surface area contributed by atoms with Crippen LogP contribution >= 0.6 is 11.6 Å². The first-order chi connectivity index (χ1) is 18.7. The minimum atomic E-state index is -0.655. The predicted molar refractivity (Wildman–Crippen MR) is 146 cm³/mol. The number of aliphatic hydroxyl groups excluding tert-OH is 1. The number of methoxy groups -OCH3 is 1. The van der Waals surface area contributed by atoms with Crippen LogP contribution in [-0.4, -0.2) is 89.8 Å². The third kappa shape index (κ3) is 5.13. The normalized spacial score (nSPS) is 19.1. The maximum Gasteiger partial charge on any atom is 0.409 e. The van der Waals surface area contributed by atoms with Crippen molar-refractivity contribution < 1.29 is 23.9 Å². The zero-order valence-electron chi connectivity index (χ0n) is 22.7. The second-order valence-electron chi connectivity index (χ2n) is 10.0. The lowest BCUT2D eigenvalue weighted by Crippen LogP contribution is -2.49. The molecule has 11 nitrogen and oxygen atoms in total. The third-order valence-electron chi connectivity index (χ3n) is 7.37. The molecule has 3 aromatic rings. The molecule has 4 heterocycles. The summed E-state index contributed by atoms with van der Waals surface area (Å²) in [7, 11) is 3.18. The van der Waals surface area contributed by atoms with Crippen molar-refractivity contribution in [3.63, 3.8) is 0 Å². The fourth-order valence-electron chi connectivity index (χ4n) is 5.49. The molecule has 2 fully saturated rings. The van der Waals surface area contributed by atoms with Gasteiger partial charge in [0.05, 0.1) is 41.2 Å². The Hall–Kier alpha value is -3.41. The molecule has 3 atom stereocenters. The molecule has 0 aliphatic carbocycles. The number of hydrogen-bond donors (Lipinski definition) is 2. The molecule has 39 heavy (non-hydrogen) atoms. The number of rotatable bonds is 8. The Kier molecular flexibility index (Phi) is 7.66. The maximum absolute atomic E-state index is 12.2. The van der Waals surface area contributed by atoms with Crippen LogP contribution in [0.25, 0.3) is 22.6 Å². The first kappa shape index (κ1) is 27.2. The number of nitrogens with zero attached hydrogens (tertiary/aromatic N) is 5. The zero-order valence-corrected chi connectivity index (χ0v) is 23.4. The summed E-state index contributed by atoms with van der Waals surface area (Å²) in [5.74, 6) is 2.42. The number of carbonyl (C=O) groups excluding carboxylic acids is 1. The number of amides is 1. The van der Waals surface area contributed by atoms with Gasteiger partial charge in [0.25, 0.3) is 0 Å². The van der Waals surface area contributed by atoms with Gasteiger partial charge in [-0.2, -0.15) is 0 Å². The number of aliphatic hydroxyl groups is 1. The standard InChI is InChI=1S/C27H33ClN6O5/c1-14-24(23-15(2)32-39-16(23)3)30-25(21-9-20(6-7-22(21)28)38-13-19(35)10-29-4)31-26(14)33-11-18-8-17(33)12-34(18)27(36)37-5/h6-7,9,17-19,29,35H,8,10-13H2,1-5H3/t17-,18-,19+/m0/s1. The highest BCUT2D eigenvalue weighted by molar-refractivity contribution is 6.33. The first-order valence-corrected chi connectivity index (χ1v) is 13.3. The van der Waals surface area contributed by atoms with Gasteiger partial charge >= 0.3 is 6.09 Å². The number of halogens is 1. The average molecular weight is 557 g/mol. The van der Waals surface area contributed by atoms with E-state index in [1.165, 1.54) is 7.11 Å². The van der Waals surface area contributed by atoms with Gasteiger partial charge in [-0.15, -0.1) is 0 Å². The Morgan fingerprint density at radius 2 is 2.05 bits per heavy atom. The summed E-state index contributed by atoms with van der Waals surface area (Å²) in [5.41, 5.74) is 3.76. The Morgan fingerprint density at radius 3 is 2.69 bits per heavy atom. The van der Waals surface area contributed by atoms with Crippen LogP contribution in [0.2, 0.25) is 5.02 Å². The Balaban J connectivity index is 1.57. The number of benzene rings is 1. The number of hydrogen-bond acceptors (Lipinski definition) is 10. The van der Waals surface area contributed by atoms with Gasteiger partial charge < -0.3 is 34.2 Å². The van der Waals surface area contributed by atoms with Crippen LogP contribution in [0.4, 0.5) is 10.6 Å². The van der Waals surface area contributed by atoms with E-state index in [0.717, 1.165) is 29.1 Å². The van der Waals surface area contributed by atoms with E-state index in [1.54, 1.807) is 30.1 Å². The molecule has 208 valence electrons. The van der Waals surface area contributed by atoms with E-state index in [0.29, 0.717) is 53.2 Å². The summed E-state index contributed by atoms with van der Waals surface area (Å²) in [6, 6.07) is 5.43. The number of nitrogens with one attached hydrogen (secondary N) is 1. The highest BCUT2D eigenvalue weighted by Gasteiger charge is 2.47. The van der Waals surface area contributed by atoms with Crippen LogP contribution in [0.5, 0.6) is 5.75 Å². The molecular weight excluding hydrogens is 524 g/mol. The number of ether oxygens (including phenoxy) is 2. The van der Waals surface area contributed by atoms with Gasteiger partial charge in [-0.3, -0.25) is 0 Å². The fourth-order valence-corrected chi connectivity index (χ4v) is 5.69. The van der Waals surface area contributed by atoms with E-state index in [1.807, 2.05) is 20.8 Å². The summed E-state index contributed by atoms with van der Waals surface area (Å²) in [6.07, 6.45) is -0.118. The molecular formula is C27H33ClN6O5. The molecule has 0 radical (unpaired) electrons. The largest absolute Gasteiger partial charge is 0.491 e. The van der Waals surface area contributed by atoms with Crippen molar-refractivity contribution in [3.8, 4) is 28.4 Å². The van der Waals surface area contributed by atoms with Gasteiger partial charge in [0.2, 0.25) is 0 Å². The number of piperazine rings is 1. The number of fused-ring (bicyclic) bond motifs is 2. The minimum Gasteiger partial charge on any atom is -0.491 e. The predicted octanol–water partition coefficient (Wildman–Crippen LogP) is 3.37. The molecule has 12 heteroatoms. The number of anilines is 1. The number of aryl methyl sites for hydroxylation is 2. The van der Waals surface area contributed by atoms with Crippen LogP contribution < -0.4 is 15.0 Å². The van der Waals surface area contributed by atoms with Gasteiger partial charge in [0.15, 0.2) is 5.82 Å². The summed E-state index contributed by atoms with van der Waals surface area (Å²) < 4.78 is 16.3. The summed E-state index contributed by atoms with van der Waals surface area (Å²) in [5, 5.41) is 17.6. The zero-order chi connectivity index (χ0) is 27.8. The third-order valence-corrected chi connectivity index (χ3v) is 7.70. The van der Waals surface area contributed by atoms with Crippen LogP contribution in [0.1, 0.15) is 23.4 Å². The summed E-state index contributed by atoms with van der Waals surface area (Å²) >= 11 is 6.67. The molecule has 2 aliphatic rings. The molecule has 1 amide bonds. The van der Waals surface area contributed by atoms with E-state index >= 15 is 0 Å². The van der Waals surface area contributed by atoms with Crippen LogP contribution in [0.3, 0.4) is 0 Å². The Labute approximate surface area is 232 Å². The quantitative estimate of drug-likeness (QED) is 0.426. The van der Waals surface area contributed by atoms with Crippen molar-refractivity contribution in [2.24, 2.45) is 0 Å².